The average Bonchev–Trinajstić information content (AvgIpc) is 2.39. The standard InChI is InChI=1S/C11H16ClN3O4S/c12-6-11(13)15-9-2-1-8(7-14-3-4-16)10(5-9)20(17,18)19/h1-2,5,14,16H,3-4,6-7H2,(H2,13,15)(H,17,18,19). The van der Waals surface area contributed by atoms with Crippen molar-refractivity contribution in [2.45, 2.75) is 11.4 Å². The van der Waals surface area contributed by atoms with E-state index >= 15 is 0 Å². The first-order valence-corrected chi connectivity index (χ1v) is 7.67. The molecule has 0 bridgehead atoms. The van der Waals surface area contributed by atoms with Crippen molar-refractivity contribution in [3.8, 4) is 0 Å². The molecule has 0 spiro atoms. The Labute approximate surface area is 122 Å². The van der Waals surface area contributed by atoms with E-state index in [1.807, 2.05) is 0 Å². The first-order valence-electron chi connectivity index (χ1n) is 5.69. The second kappa shape index (κ2) is 7.55. The van der Waals surface area contributed by atoms with Gasteiger partial charge in [-0.1, -0.05) is 6.07 Å². The fraction of sp³-hybridized carbons (Fsp3) is 0.364. The highest BCUT2D eigenvalue weighted by Gasteiger charge is 2.16. The van der Waals surface area contributed by atoms with Crippen LogP contribution < -0.4 is 11.1 Å². The predicted octanol–water partition coefficient (Wildman–Crippen LogP) is 0.243. The topological polar surface area (TPSA) is 125 Å². The summed E-state index contributed by atoms with van der Waals surface area (Å²) < 4.78 is 32.0. The molecule has 0 aromatic heterocycles. The Balaban J connectivity index is 3.14. The van der Waals surface area contributed by atoms with E-state index in [9.17, 15) is 13.0 Å². The largest absolute Gasteiger partial charge is 0.395 e. The Morgan fingerprint density at radius 3 is 2.70 bits per heavy atom. The highest BCUT2D eigenvalue weighted by Crippen LogP contribution is 2.22. The lowest BCUT2D eigenvalue weighted by molar-refractivity contribution is 0.292. The second-order valence-electron chi connectivity index (χ2n) is 3.90. The van der Waals surface area contributed by atoms with Crippen LogP contribution in [0, 0.1) is 0 Å². The van der Waals surface area contributed by atoms with Gasteiger partial charge in [-0.25, -0.2) is 4.99 Å². The normalized spacial score (nSPS) is 12.7. The molecule has 1 aromatic rings. The lowest BCUT2D eigenvalue weighted by Crippen LogP contribution is -2.19. The molecule has 7 nitrogen and oxygen atoms in total. The number of aliphatic hydroxyl groups excluding tert-OH is 1. The summed E-state index contributed by atoms with van der Waals surface area (Å²) in [5.74, 6) is 0.153. The molecule has 0 heterocycles. The predicted molar refractivity (Wildman–Crippen MR) is 77.1 cm³/mol. The van der Waals surface area contributed by atoms with Crippen molar-refractivity contribution in [3.63, 3.8) is 0 Å². The van der Waals surface area contributed by atoms with Crippen molar-refractivity contribution >= 4 is 33.2 Å². The minimum Gasteiger partial charge on any atom is -0.395 e. The quantitative estimate of drug-likeness (QED) is 0.187. The van der Waals surface area contributed by atoms with Crippen LogP contribution in [0.3, 0.4) is 0 Å². The number of nitrogens with one attached hydrogen (secondary N) is 1. The molecule has 0 aliphatic rings. The monoisotopic (exact) mass is 321 g/mol. The van der Waals surface area contributed by atoms with Crippen LogP contribution in [0.2, 0.25) is 0 Å². The maximum Gasteiger partial charge on any atom is 0.294 e. The molecule has 5 N–H and O–H groups in total. The lowest BCUT2D eigenvalue weighted by atomic mass is 10.2. The van der Waals surface area contributed by atoms with Gasteiger partial charge < -0.3 is 16.2 Å². The third kappa shape index (κ3) is 5.06. The Kier molecular flexibility index (Phi) is 6.37. The Morgan fingerprint density at radius 1 is 1.45 bits per heavy atom. The highest BCUT2D eigenvalue weighted by atomic mass is 35.5. The first kappa shape index (κ1) is 16.9. The minimum atomic E-state index is -4.38. The van der Waals surface area contributed by atoms with E-state index in [4.69, 9.17) is 22.4 Å². The zero-order valence-electron chi connectivity index (χ0n) is 10.6. The molecule has 20 heavy (non-hydrogen) atoms. The number of aliphatic imine (C=N–C) groups is 1. The summed E-state index contributed by atoms with van der Waals surface area (Å²) in [6.07, 6.45) is 0. The summed E-state index contributed by atoms with van der Waals surface area (Å²) in [5.41, 5.74) is 6.11. The Hall–Kier alpha value is -1.19. The van der Waals surface area contributed by atoms with Gasteiger partial charge in [-0.15, -0.1) is 11.6 Å². The number of halogens is 1. The Morgan fingerprint density at radius 2 is 2.15 bits per heavy atom. The molecule has 1 aromatic carbocycles. The smallest absolute Gasteiger partial charge is 0.294 e. The molecule has 0 saturated carbocycles. The van der Waals surface area contributed by atoms with E-state index in [1.165, 1.54) is 12.1 Å². The zero-order chi connectivity index (χ0) is 15.2. The van der Waals surface area contributed by atoms with Gasteiger partial charge in [-0.05, 0) is 17.7 Å². The van der Waals surface area contributed by atoms with Gasteiger partial charge in [0, 0.05) is 13.1 Å². The molecule has 0 unspecified atom stereocenters. The van der Waals surface area contributed by atoms with Crippen LogP contribution in [0.4, 0.5) is 5.69 Å². The van der Waals surface area contributed by atoms with Crippen molar-refractivity contribution in [1.29, 1.82) is 0 Å². The third-order valence-corrected chi connectivity index (χ3v) is 3.55. The molecule has 0 saturated heterocycles. The van der Waals surface area contributed by atoms with Gasteiger partial charge >= 0.3 is 0 Å². The van der Waals surface area contributed by atoms with Crippen LogP contribution in [-0.2, 0) is 16.7 Å². The van der Waals surface area contributed by atoms with Gasteiger partial charge in [0.2, 0.25) is 0 Å². The number of nitrogens with zero attached hydrogens (tertiary/aromatic N) is 1. The number of hydrogen-bond acceptors (Lipinski definition) is 5. The van der Waals surface area contributed by atoms with Gasteiger partial charge in [0.25, 0.3) is 10.1 Å². The van der Waals surface area contributed by atoms with Crippen LogP contribution in [0.25, 0.3) is 0 Å². The summed E-state index contributed by atoms with van der Waals surface area (Å²) in [7, 11) is -4.38. The highest BCUT2D eigenvalue weighted by molar-refractivity contribution is 7.85. The van der Waals surface area contributed by atoms with Crippen molar-refractivity contribution in [1.82, 2.24) is 5.32 Å². The summed E-state index contributed by atoms with van der Waals surface area (Å²) in [6.45, 7) is 0.421. The number of alkyl halides is 1. The fourth-order valence-electron chi connectivity index (χ4n) is 1.50. The fourth-order valence-corrected chi connectivity index (χ4v) is 2.30. The van der Waals surface area contributed by atoms with E-state index in [2.05, 4.69) is 10.3 Å². The van der Waals surface area contributed by atoms with Gasteiger partial charge in [0.05, 0.1) is 18.2 Å². The van der Waals surface area contributed by atoms with E-state index in [1.54, 1.807) is 6.07 Å². The number of rotatable bonds is 7. The van der Waals surface area contributed by atoms with Crippen LogP contribution >= 0.6 is 11.6 Å². The van der Waals surface area contributed by atoms with E-state index < -0.39 is 10.1 Å². The summed E-state index contributed by atoms with van der Waals surface area (Å²) in [5, 5.41) is 11.5. The SMILES string of the molecule is NC(CCl)=Nc1ccc(CNCCO)c(S(=O)(=O)O)c1. The molecule has 0 atom stereocenters. The maximum absolute atomic E-state index is 11.4. The van der Waals surface area contributed by atoms with Crippen molar-refractivity contribution in [3.05, 3.63) is 23.8 Å². The van der Waals surface area contributed by atoms with E-state index in [0.29, 0.717) is 12.1 Å². The zero-order valence-corrected chi connectivity index (χ0v) is 12.2. The summed E-state index contributed by atoms with van der Waals surface area (Å²) in [6, 6.07) is 4.28. The summed E-state index contributed by atoms with van der Waals surface area (Å²) in [4.78, 5) is 3.66. The van der Waals surface area contributed by atoms with E-state index in [-0.39, 0.29) is 35.5 Å². The Bertz CT molecular complexity index is 589. The number of benzene rings is 1. The summed E-state index contributed by atoms with van der Waals surface area (Å²) >= 11 is 5.49. The van der Waals surface area contributed by atoms with Gasteiger partial charge in [-0.3, -0.25) is 4.55 Å². The number of nitrogens with two attached hydrogens (primary N) is 1. The third-order valence-electron chi connectivity index (χ3n) is 2.34. The van der Waals surface area contributed by atoms with Crippen LogP contribution in [0.15, 0.2) is 28.1 Å². The van der Waals surface area contributed by atoms with E-state index in [0.717, 1.165) is 0 Å². The first-order chi connectivity index (χ1) is 9.38. The minimum absolute atomic E-state index is 0.0149. The van der Waals surface area contributed by atoms with Crippen molar-refractivity contribution in [2.24, 2.45) is 10.7 Å². The van der Waals surface area contributed by atoms with Gasteiger partial charge in [0.1, 0.15) is 10.7 Å². The molecule has 9 heteroatoms. The molecule has 0 aliphatic carbocycles. The number of amidine groups is 1. The number of aliphatic hydroxyl groups is 1. The molecule has 1 rings (SSSR count). The van der Waals surface area contributed by atoms with Crippen molar-refractivity contribution < 1.29 is 18.1 Å². The molecular weight excluding hydrogens is 306 g/mol. The average molecular weight is 322 g/mol. The van der Waals surface area contributed by atoms with Crippen molar-refractivity contribution in [2.75, 3.05) is 19.0 Å². The van der Waals surface area contributed by atoms with Gasteiger partial charge in [-0.2, -0.15) is 8.42 Å². The number of hydrogen-bond donors (Lipinski definition) is 4. The lowest BCUT2D eigenvalue weighted by Gasteiger charge is -2.09. The second-order valence-corrected chi connectivity index (χ2v) is 5.56. The van der Waals surface area contributed by atoms with Crippen LogP contribution in [-0.4, -0.2) is 42.9 Å². The van der Waals surface area contributed by atoms with Crippen LogP contribution in [0.1, 0.15) is 5.56 Å². The molecule has 112 valence electrons. The molecular formula is C11H16ClN3O4S. The maximum atomic E-state index is 11.4. The molecule has 0 fully saturated rings. The van der Waals surface area contributed by atoms with Crippen LogP contribution in [0.5, 0.6) is 0 Å². The van der Waals surface area contributed by atoms with Gasteiger partial charge in [0.15, 0.2) is 0 Å². The molecule has 0 amide bonds. The molecule has 0 radical (unpaired) electrons. The molecule has 0 aliphatic heterocycles.